The molecular weight excluding hydrogens is 116 g/mol. The Hall–Kier alpha value is 0.670. The first-order valence-electron chi connectivity index (χ1n) is 1.87. The summed E-state index contributed by atoms with van der Waals surface area (Å²) in [6, 6.07) is 0. The monoisotopic (exact) mass is 126 g/mol. The van der Waals surface area contributed by atoms with Crippen LogP contribution in [-0.2, 0) is 4.79 Å². The molecule has 0 unspecified atom stereocenters. The molecule has 1 nitrogen and oxygen atoms in total. The van der Waals surface area contributed by atoms with Gasteiger partial charge in [0.2, 0.25) is 0 Å². The number of hydrogen-bond acceptors (Lipinski definition) is 1. The summed E-state index contributed by atoms with van der Waals surface area (Å²) in [4.78, 5) is 9.97. The molecule has 0 aliphatic carbocycles. The zero-order valence-corrected chi connectivity index (χ0v) is 3.90. The molecule has 0 aliphatic rings. The van der Waals surface area contributed by atoms with Crippen molar-refractivity contribution in [2.45, 2.75) is 13.3 Å². The van der Waals surface area contributed by atoms with Crippen molar-refractivity contribution < 1.29 is 4.79 Å². The minimum absolute atomic E-state index is 0. The van der Waals surface area contributed by atoms with Crippen molar-refractivity contribution in [1.82, 2.24) is 0 Å². The first-order valence-corrected chi connectivity index (χ1v) is 1.87. The van der Waals surface area contributed by atoms with Gasteiger partial charge < -0.3 is 0 Å². The van der Waals surface area contributed by atoms with Crippen LogP contribution in [0.25, 0.3) is 0 Å². The van der Waals surface area contributed by atoms with Gasteiger partial charge in [0.1, 0.15) is 5.78 Å². The van der Waals surface area contributed by atoms with Crippen LogP contribution in [-0.4, -0.2) is 43.5 Å². The fourth-order valence-corrected chi connectivity index (χ4v) is 0.203. The third kappa shape index (κ3) is 10.8. The van der Waals surface area contributed by atoms with Gasteiger partial charge in [-0.1, -0.05) is 6.08 Å². The Morgan fingerprint density at radius 1 is 1.86 bits per heavy atom. The summed E-state index contributed by atoms with van der Waals surface area (Å²) in [6.07, 6.45) is 2.10. The van der Waals surface area contributed by atoms with E-state index >= 15 is 0 Å². The zero-order valence-electron chi connectivity index (χ0n) is 3.90. The molecule has 0 saturated carbocycles. The summed E-state index contributed by atoms with van der Waals surface area (Å²) in [5.41, 5.74) is 0. The van der Waals surface area contributed by atoms with Crippen LogP contribution in [0.15, 0.2) is 12.7 Å². The second-order valence-corrected chi connectivity index (χ2v) is 1.19. The Morgan fingerprint density at radius 2 is 2.29 bits per heavy atom. The van der Waals surface area contributed by atoms with Gasteiger partial charge in [-0.15, -0.1) is 6.58 Å². The zero-order chi connectivity index (χ0) is 4.99. The van der Waals surface area contributed by atoms with Crippen LogP contribution in [0.2, 0.25) is 0 Å². The van der Waals surface area contributed by atoms with Crippen LogP contribution in [0.3, 0.4) is 0 Å². The van der Waals surface area contributed by atoms with E-state index in [0.717, 1.165) is 0 Å². The standard InChI is InChI=1S/C5H8O.Ca.2H/c1-3-4-5(2)6;;;/h3H,1,4H2,2H3;;;. The van der Waals surface area contributed by atoms with Crippen molar-refractivity contribution in [3.05, 3.63) is 12.7 Å². The normalized spacial score (nSPS) is 6.43. The first-order chi connectivity index (χ1) is 2.77. The molecule has 0 rings (SSSR count). The van der Waals surface area contributed by atoms with E-state index < -0.39 is 0 Å². The molecule has 38 valence electrons. The maximum atomic E-state index is 9.97. The molecule has 0 atom stereocenters. The summed E-state index contributed by atoms with van der Waals surface area (Å²) in [5, 5.41) is 0. The summed E-state index contributed by atoms with van der Waals surface area (Å²) >= 11 is 0. The summed E-state index contributed by atoms with van der Waals surface area (Å²) < 4.78 is 0. The van der Waals surface area contributed by atoms with Crippen molar-refractivity contribution >= 4 is 43.5 Å². The van der Waals surface area contributed by atoms with E-state index in [2.05, 4.69) is 6.58 Å². The number of ketones is 1. The second-order valence-electron chi connectivity index (χ2n) is 1.19. The molecule has 7 heavy (non-hydrogen) atoms. The minimum atomic E-state index is 0. The van der Waals surface area contributed by atoms with Crippen molar-refractivity contribution in [3.63, 3.8) is 0 Å². The molecule has 0 aromatic carbocycles. The number of rotatable bonds is 2. The van der Waals surface area contributed by atoms with Gasteiger partial charge >= 0.3 is 37.7 Å². The van der Waals surface area contributed by atoms with Gasteiger partial charge in [-0.25, -0.2) is 0 Å². The van der Waals surface area contributed by atoms with E-state index in [1.54, 1.807) is 13.0 Å². The van der Waals surface area contributed by atoms with Gasteiger partial charge in [0.15, 0.2) is 0 Å². The molecule has 0 amide bonds. The van der Waals surface area contributed by atoms with E-state index in [4.69, 9.17) is 0 Å². The average molecular weight is 126 g/mol. The molecule has 0 fully saturated rings. The molecule has 0 radical (unpaired) electrons. The van der Waals surface area contributed by atoms with Crippen molar-refractivity contribution in [2.24, 2.45) is 0 Å². The number of Topliss-reactive ketones (excluding diaryl/α,β-unsaturated/α-hetero) is 1. The molecule has 0 heterocycles. The first kappa shape index (κ1) is 10.6. The number of carbonyl (C=O) groups is 1. The quantitative estimate of drug-likeness (QED) is 0.382. The van der Waals surface area contributed by atoms with Crippen LogP contribution < -0.4 is 0 Å². The van der Waals surface area contributed by atoms with E-state index in [1.807, 2.05) is 0 Å². The fourth-order valence-electron chi connectivity index (χ4n) is 0.203. The average Bonchev–Trinajstić information content (AvgIpc) is 1.35. The van der Waals surface area contributed by atoms with Crippen LogP contribution in [0.4, 0.5) is 0 Å². The van der Waals surface area contributed by atoms with Crippen LogP contribution >= 0.6 is 0 Å². The molecule has 0 saturated heterocycles. The van der Waals surface area contributed by atoms with Gasteiger partial charge in [-0.2, -0.15) is 0 Å². The van der Waals surface area contributed by atoms with Crippen molar-refractivity contribution in [2.75, 3.05) is 0 Å². The topological polar surface area (TPSA) is 17.1 Å². The van der Waals surface area contributed by atoms with E-state index in [1.165, 1.54) is 0 Å². The Bertz CT molecular complexity index is 68.5. The Labute approximate surface area is 73.8 Å². The van der Waals surface area contributed by atoms with Gasteiger partial charge in [0.05, 0.1) is 0 Å². The van der Waals surface area contributed by atoms with Crippen molar-refractivity contribution in [3.8, 4) is 0 Å². The van der Waals surface area contributed by atoms with Gasteiger partial charge in [-0.05, 0) is 6.92 Å². The molecule has 0 N–H and O–H groups in total. The molecular formula is C5H10CaO. The molecule has 0 aromatic heterocycles. The molecule has 2 heteroatoms. The SMILES string of the molecule is C=CCC(C)=O.[CaH2]. The number of hydrogen-bond donors (Lipinski definition) is 0. The summed E-state index contributed by atoms with van der Waals surface area (Å²) in [5.74, 6) is 0.171. The van der Waals surface area contributed by atoms with E-state index in [9.17, 15) is 4.79 Å². The molecule has 0 spiro atoms. The van der Waals surface area contributed by atoms with Crippen LogP contribution in [0.1, 0.15) is 13.3 Å². The molecule has 0 bridgehead atoms. The van der Waals surface area contributed by atoms with Gasteiger partial charge in [0, 0.05) is 6.42 Å². The van der Waals surface area contributed by atoms with Gasteiger partial charge in [-0.3, -0.25) is 4.79 Å². The fraction of sp³-hybridized carbons (Fsp3) is 0.400. The molecule has 0 aliphatic heterocycles. The predicted octanol–water partition coefficient (Wildman–Crippen LogP) is 0.235. The summed E-state index contributed by atoms with van der Waals surface area (Å²) in [6.45, 7) is 4.92. The van der Waals surface area contributed by atoms with Crippen LogP contribution in [0, 0.1) is 0 Å². The Kier molecular flexibility index (Phi) is 10.1. The Balaban J connectivity index is 0. The van der Waals surface area contributed by atoms with Gasteiger partial charge in [0.25, 0.3) is 0 Å². The molecule has 0 aromatic rings. The summed E-state index contributed by atoms with van der Waals surface area (Å²) in [7, 11) is 0. The van der Waals surface area contributed by atoms with Crippen LogP contribution in [0.5, 0.6) is 0 Å². The predicted molar refractivity (Wildman–Crippen MR) is 34.0 cm³/mol. The maximum absolute atomic E-state index is 9.97. The Morgan fingerprint density at radius 3 is 2.29 bits per heavy atom. The number of allylic oxidation sites excluding steroid dienone is 1. The van der Waals surface area contributed by atoms with E-state index in [0.29, 0.717) is 6.42 Å². The second kappa shape index (κ2) is 6.67. The van der Waals surface area contributed by atoms with E-state index in [-0.39, 0.29) is 43.5 Å². The number of carbonyl (C=O) groups excluding carboxylic acids is 1. The third-order valence-corrected chi connectivity index (χ3v) is 0.432. The third-order valence-electron chi connectivity index (χ3n) is 0.432. The van der Waals surface area contributed by atoms with Crippen molar-refractivity contribution in [1.29, 1.82) is 0 Å².